The molecular weight excluding hydrogens is 839 g/mol. The van der Waals surface area contributed by atoms with Crippen LogP contribution in [-0.4, -0.2) is 74.4 Å². The van der Waals surface area contributed by atoms with Crippen molar-refractivity contribution in [1.29, 1.82) is 0 Å². The van der Waals surface area contributed by atoms with Crippen LogP contribution in [0.2, 0.25) is 0 Å². The maximum Gasteiger partial charge on any atom is 0.345 e. The molecule has 7 rings (SSSR count). The normalized spacial score (nSPS) is 14.2. The molecule has 1 unspecified atom stereocenters. The summed E-state index contributed by atoms with van der Waals surface area (Å²) in [7, 11) is 1.66. The molecule has 354 valence electrons. The number of ketones is 1. The Morgan fingerprint density at radius 3 is 2.06 bits per heavy atom. The van der Waals surface area contributed by atoms with Crippen LogP contribution in [0.15, 0.2) is 52.3 Å². The second kappa shape index (κ2) is 26.2. The molecule has 1 aliphatic heterocycles. The SMILES string of the molecule is C.C.C.CCCCn1c(=O)c2c(ncn2CC(C)=O)n(CCCC)c1=O.CCOc1cc2cc(C(=O)O)sc2cc1OCC.COc1ccc(C2CNC(=O)C2)cc1OC1CCCC1. The number of fused-ring (bicyclic) bond motifs is 2. The Kier molecular flexibility index (Phi) is 22.3. The van der Waals surface area contributed by atoms with E-state index in [1.165, 1.54) is 42.0 Å². The molecule has 1 saturated carbocycles. The number of thiophene rings is 1. The number of amides is 1. The quantitative estimate of drug-likeness (QED) is 0.0907. The Labute approximate surface area is 381 Å². The fraction of sp³-hybridized carbons (Fsp3) is 0.542. The van der Waals surface area contributed by atoms with E-state index in [2.05, 4.69) is 10.3 Å². The van der Waals surface area contributed by atoms with Gasteiger partial charge in [0.2, 0.25) is 5.91 Å². The van der Waals surface area contributed by atoms with Crippen molar-refractivity contribution in [3.63, 3.8) is 0 Å². The summed E-state index contributed by atoms with van der Waals surface area (Å²) < 4.78 is 27.8. The number of rotatable bonds is 17. The summed E-state index contributed by atoms with van der Waals surface area (Å²) in [4.78, 5) is 63.6. The van der Waals surface area contributed by atoms with E-state index >= 15 is 0 Å². The van der Waals surface area contributed by atoms with Gasteiger partial charge >= 0.3 is 11.7 Å². The van der Waals surface area contributed by atoms with Gasteiger partial charge in [-0.15, -0.1) is 11.3 Å². The van der Waals surface area contributed by atoms with E-state index in [-0.39, 0.29) is 57.7 Å². The lowest BCUT2D eigenvalue weighted by molar-refractivity contribution is -0.119. The van der Waals surface area contributed by atoms with Crippen LogP contribution in [0, 0.1) is 0 Å². The Morgan fingerprint density at radius 1 is 0.859 bits per heavy atom. The van der Waals surface area contributed by atoms with Gasteiger partial charge in [-0.05, 0) is 94.5 Å². The van der Waals surface area contributed by atoms with Crippen molar-refractivity contribution < 1.29 is 38.4 Å². The first-order chi connectivity index (χ1) is 29.4. The number of carbonyl (C=O) groups excluding carboxylic acids is 2. The van der Waals surface area contributed by atoms with Crippen LogP contribution in [0.5, 0.6) is 23.0 Å². The number of aryl methyl sites for hydroxylation is 1. The summed E-state index contributed by atoms with van der Waals surface area (Å²) in [5.74, 6) is 2.31. The van der Waals surface area contributed by atoms with Gasteiger partial charge in [0.05, 0.1) is 39.3 Å². The third-order valence-corrected chi connectivity index (χ3v) is 11.6. The highest BCUT2D eigenvalue weighted by Gasteiger charge is 2.25. The zero-order valence-corrected chi connectivity index (χ0v) is 36.9. The number of aromatic carboxylic acids is 1. The average Bonchev–Trinajstić information content (AvgIpc) is 4.07. The van der Waals surface area contributed by atoms with E-state index in [1.807, 2.05) is 58.0 Å². The van der Waals surface area contributed by atoms with E-state index in [0.717, 1.165) is 65.7 Å². The molecule has 0 spiro atoms. The smallest absolute Gasteiger partial charge is 0.345 e. The molecule has 1 amide bonds. The molecule has 2 aromatic carbocycles. The molecule has 1 aliphatic carbocycles. The monoisotopic (exact) mass is 909 g/mol. The van der Waals surface area contributed by atoms with Gasteiger partial charge in [-0.2, -0.15) is 0 Å². The summed E-state index contributed by atoms with van der Waals surface area (Å²) in [5.41, 5.74) is 1.20. The Bertz CT molecular complexity index is 2370. The van der Waals surface area contributed by atoms with Gasteiger partial charge in [-0.3, -0.25) is 23.5 Å². The van der Waals surface area contributed by atoms with Gasteiger partial charge in [0.25, 0.3) is 5.56 Å². The number of carbonyl (C=O) groups is 3. The van der Waals surface area contributed by atoms with Crippen molar-refractivity contribution in [2.75, 3.05) is 26.9 Å². The lowest BCUT2D eigenvalue weighted by Crippen LogP contribution is -2.40. The topological polar surface area (TPSA) is 182 Å². The number of hydrogen-bond donors (Lipinski definition) is 2. The van der Waals surface area contributed by atoms with Gasteiger partial charge in [-0.25, -0.2) is 14.6 Å². The molecule has 1 saturated heterocycles. The van der Waals surface area contributed by atoms with Gasteiger partial charge in [-0.1, -0.05) is 55.0 Å². The summed E-state index contributed by atoms with van der Waals surface area (Å²) in [6.45, 7) is 12.1. The number of aromatic nitrogens is 4. The summed E-state index contributed by atoms with van der Waals surface area (Å²) in [6.07, 6.45) is 10.5. The second-order valence-corrected chi connectivity index (χ2v) is 16.2. The highest BCUT2D eigenvalue weighted by molar-refractivity contribution is 7.20. The Hall–Kier alpha value is -5.64. The Morgan fingerprint density at radius 2 is 1.50 bits per heavy atom. The molecule has 2 fully saturated rings. The van der Waals surface area contributed by atoms with Crippen molar-refractivity contribution in [2.24, 2.45) is 0 Å². The van der Waals surface area contributed by atoms with Crippen molar-refractivity contribution in [3.8, 4) is 23.0 Å². The van der Waals surface area contributed by atoms with Crippen LogP contribution in [-0.2, 0) is 29.2 Å². The average molecular weight is 910 g/mol. The number of ether oxygens (including phenoxy) is 4. The van der Waals surface area contributed by atoms with E-state index in [0.29, 0.717) is 72.9 Å². The number of Topliss-reactive ketones (excluding diaryl/α,β-unsaturated/α-hetero) is 1. The van der Waals surface area contributed by atoms with E-state index in [4.69, 9.17) is 24.1 Å². The van der Waals surface area contributed by atoms with E-state index in [1.54, 1.807) is 22.3 Å². The molecule has 0 bridgehead atoms. The number of methoxy groups -OCH3 is 1. The number of carboxylic acids is 1. The minimum atomic E-state index is -0.910. The largest absolute Gasteiger partial charge is 0.493 e. The maximum atomic E-state index is 12.7. The minimum Gasteiger partial charge on any atom is -0.493 e. The highest BCUT2D eigenvalue weighted by atomic mass is 32.1. The van der Waals surface area contributed by atoms with Crippen molar-refractivity contribution in [1.82, 2.24) is 24.0 Å². The van der Waals surface area contributed by atoms with Crippen molar-refractivity contribution in [3.05, 3.63) is 74.0 Å². The van der Waals surface area contributed by atoms with Gasteiger partial charge in [0, 0.05) is 42.7 Å². The molecule has 16 heteroatoms. The van der Waals surface area contributed by atoms with E-state index in [9.17, 15) is 24.0 Å². The molecule has 2 aliphatic rings. The standard InChI is InChI=1S/C16H24N4O3.C16H21NO3.C13H14O4S.3CH4/c1-4-6-8-19-14-13(18(11-17-14)10-12(3)21)15(22)20(16(19)23)9-7-5-2;1-19-14-7-6-11(12-9-16(18)17-10-12)8-15(14)20-13-4-2-3-5-13;1-3-16-9-5-8-6-12(13(14)15)18-11(8)7-10(9)17-4-2;;;/h11H,4-10H2,1-3H3;6-8,12-13H,2-5,9-10H2,1H3,(H,17,18);5-7H,3-4H2,1-2H3,(H,14,15);3*1H4. The van der Waals surface area contributed by atoms with Crippen molar-refractivity contribution in [2.45, 2.75) is 146 Å². The number of nitrogens with one attached hydrogen (secondary N) is 1. The second-order valence-electron chi connectivity index (χ2n) is 15.1. The summed E-state index contributed by atoms with van der Waals surface area (Å²) in [6, 6.07) is 11.3. The maximum absolute atomic E-state index is 12.7. The minimum absolute atomic E-state index is 0. The zero-order chi connectivity index (χ0) is 44.1. The zero-order valence-electron chi connectivity index (χ0n) is 36.1. The van der Waals surface area contributed by atoms with Crippen LogP contribution in [0.25, 0.3) is 21.3 Å². The summed E-state index contributed by atoms with van der Waals surface area (Å²) >= 11 is 1.24. The number of imidazole rings is 1. The van der Waals surface area contributed by atoms with Crippen LogP contribution >= 0.6 is 11.3 Å². The van der Waals surface area contributed by atoms with Crippen LogP contribution in [0.4, 0.5) is 0 Å². The van der Waals surface area contributed by atoms with Crippen LogP contribution < -0.4 is 35.5 Å². The molecule has 4 heterocycles. The van der Waals surface area contributed by atoms with Gasteiger partial charge < -0.3 is 33.9 Å². The lowest BCUT2D eigenvalue weighted by atomic mass is 9.98. The van der Waals surface area contributed by atoms with Crippen LogP contribution in [0.3, 0.4) is 0 Å². The molecule has 3 aromatic heterocycles. The number of carboxylic acid groups (broad SMARTS) is 1. The number of nitrogens with zero attached hydrogens (tertiary/aromatic N) is 4. The van der Waals surface area contributed by atoms with Crippen LogP contribution in [0.1, 0.15) is 136 Å². The molecule has 0 radical (unpaired) electrons. The first-order valence-corrected chi connectivity index (χ1v) is 22.1. The fourth-order valence-corrected chi connectivity index (χ4v) is 8.30. The van der Waals surface area contributed by atoms with Gasteiger partial charge in [0.1, 0.15) is 10.7 Å². The highest BCUT2D eigenvalue weighted by Crippen LogP contribution is 2.37. The molecule has 1 atom stereocenters. The first kappa shape index (κ1) is 54.5. The molecular formula is C48H71N5O10S. The first-order valence-electron chi connectivity index (χ1n) is 21.3. The molecule has 64 heavy (non-hydrogen) atoms. The third-order valence-electron chi connectivity index (χ3n) is 10.5. The molecule has 5 aromatic rings. The molecule has 15 nitrogen and oxygen atoms in total. The number of hydrogen-bond acceptors (Lipinski definition) is 11. The predicted molar refractivity (Wildman–Crippen MR) is 256 cm³/mol. The predicted octanol–water partition coefficient (Wildman–Crippen LogP) is 9.47. The lowest BCUT2D eigenvalue weighted by Gasteiger charge is -2.18. The summed E-state index contributed by atoms with van der Waals surface area (Å²) in [5, 5.41) is 12.7. The third kappa shape index (κ3) is 13.7. The van der Waals surface area contributed by atoms with Crippen molar-refractivity contribution >= 4 is 50.2 Å². The fourth-order valence-electron chi connectivity index (χ4n) is 7.39. The number of benzene rings is 2. The number of unbranched alkanes of at least 4 members (excludes halogenated alkanes) is 2. The van der Waals surface area contributed by atoms with Gasteiger partial charge in [0.15, 0.2) is 34.2 Å². The van der Waals surface area contributed by atoms with E-state index < -0.39 is 5.97 Å². The Balaban J connectivity index is 0.000000325. The molecule has 2 N–H and O–H groups in total.